The van der Waals surface area contributed by atoms with Gasteiger partial charge in [0.15, 0.2) is 0 Å². The van der Waals surface area contributed by atoms with Gasteiger partial charge < -0.3 is 10.2 Å². The van der Waals surface area contributed by atoms with E-state index in [-0.39, 0.29) is 11.8 Å². The number of carboxylic acid groups (broad SMARTS) is 2. The van der Waals surface area contributed by atoms with E-state index in [4.69, 9.17) is 0 Å². The van der Waals surface area contributed by atoms with Crippen LogP contribution >= 0.6 is 0 Å². The van der Waals surface area contributed by atoms with E-state index < -0.39 is 23.4 Å². The Kier molecular flexibility index (Phi) is 3.45. The lowest BCUT2D eigenvalue weighted by atomic mass is 9.74. The van der Waals surface area contributed by atoms with E-state index in [0.29, 0.717) is 25.8 Å². The fourth-order valence-electron chi connectivity index (χ4n) is 4.11. The van der Waals surface area contributed by atoms with Crippen LogP contribution in [0.4, 0.5) is 0 Å². The monoisotopic (exact) mass is 289 g/mol. The maximum Gasteiger partial charge on any atom is 0.324 e. The molecule has 2 saturated carbocycles. The van der Waals surface area contributed by atoms with Gasteiger partial charge >= 0.3 is 11.9 Å². The molecule has 0 spiro atoms. The fraction of sp³-hybridized carbons (Fsp3) is 0.500. The van der Waals surface area contributed by atoms with Gasteiger partial charge in [-0.3, -0.25) is 14.9 Å². The Morgan fingerprint density at radius 1 is 1.19 bits per heavy atom. The van der Waals surface area contributed by atoms with Crippen molar-refractivity contribution in [3.8, 4) is 0 Å². The molecule has 5 nitrogen and oxygen atoms in total. The smallest absolute Gasteiger partial charge is 0.324 e. The van der Waals surface area contributed by atoms with Crippen molar-refractivity contribution in [1.29, 1.82) is 0 Å². The van der Waals surface area contributed by atoms with Gasteiger partial charge in [0, 0.05) is 12.5 Å². The van der Waals surface area contributed by atoms with Crippen LogP contribution in [0.1, 0.15) is 24.8 Å². The third kappa shape index (κ3) is 2.31. The minimum absolute atomic E-state index is 0.204. The molecule has 2 fully saturated rings. The topological polar surface area (TPSA) is 86.6 Å². The Morgan fingerprint density at radius 3 is 2.48 bits per heavy atom. The van der Waals surface area contributed by atoms with Crippen molar-refractivity contribution in [2.75, 3.05) is 0 Å². The van der Waals surface area contributed by atoms with E-state index in [1.54, 1.807) is 0 Å². The molecular formula is C16H19NO4. The minimum Gasteiger partial charge on any atom is -0.481 e. The van der Waals surface area contributed by atoms with Crippen molar-refractivity contribution in [2.24, 2.45) is 17.8 Å². The Hall–Kier alpha value is -1.88. The molecule has 0 aromatic heterocycles. The Balaban J connectivity index is 1.81. The summed E-state index contributed by atoms with van der Waals surface area (Å²) in [6.45, 7) is 0.447. The van der Waals surface area contributed by atoms with Gasteiger partial charge in [0.05, 0.1) is 5.92 Å². The predicted octanol–water partition coefficient (Wildman–Crippen LogP) is 1.73. The quantitative estimate of drug-likeness (QED) is 0.768. The van der Waals surface area contributed by atoms with Crippen LogP contribution in [-0.2, 0) is 16.1 Å². The molecule has 2 aliphatic rings. The predicted molar refractivity (Wildman–Crippen MR) is 75.6 cm³/mol. The van der Waals surface area contributed by atoms with Crippen LogP contribution in [0.3, 0.4) is 0 Å². The highest BCUT2D eigenvalue weighted by molar-refractivity contribution is 5.82. The molecule has 4 unspecified atom stereocenters. The van der Waals surface area contributed by atoms with E-state index >= 15 is 0 Å². The second-order valence-electron chi connectivity index (χ2n) is 6.21. The number of fused-ring (bicyclic) bond motifs is 2. The van der Waals surface area contributed by atoms with Gasteiger partial charge in [-0.15, -0.1) is 0 Å². The normalized spacial score (nSPS) is 34.0. The molecule has 2 bridgehead atoms. The van der Waals surface area contributed by atoms with Crippen molar-refractivity contribution in [2.45, 2.75) is 31.3 Å². The first-order chi connectivity index (χ1) is 10.0. The number of benzene rings is 1. The van der Waals surface area contributed by atoms with Crippen LogP contribution in [0.15, 0.2) is 30.3 Å². The summed E-state index contributed by atoms with van der Waals surface area (Å²) in [7, 11) is 0. The number of carboxylic acids is 2. The van der Waals surface area contributed by atoms with Gasteiger partial charge in [-0.25, -0.2) is 0 Å². The highest BCUT2D eigenvalue weighted by atomic mass is 16.4. The number of hydrogen-bond acceptors (Lipinski definition) is 3. The maximum absolute atomic E-state index is 11.8. The molecule has 0 saturated heterocycles. The number of nitrogens with one attached hydrogen (secondary N) is 1. The van der Waals surface area contributed by atoms with Crippen LogP contribution in [-0.4, -0.2) is 27.7 Å². The molecule has 2 aliphatic carbocycles. The SMILES string of the molecule is O=C(O)C1CC2CC1C(NCc1ccccc1)(C(=O)O)C2. The van der Waals surface area contributed by atoms with Crippen molar-refractivity contribution in [3.63, 3.8) is 0 Å². The Morgan fingerprint density at radius 2 is 1.90 bits per heavy atom. The summed E-state index contributed by atoms with van der Waals surface area (Å²) in [5.41, 5.74) is -0.0882. The molecule has 1 aromatic carbocycles. The van der Waals surface area contributed by atoms with E-state index in [0.717, 1.165) is 5.56 Å². The average molecular weight is 289 g/mol. The summed E-state index contributed by atoms with van der Waals surface area (Å²) in [6, 6.07) is 9.60. The Bertz CT molecular complexity index is 559. The molecule has 0 amide bonds. The molecule has 0 radical (unpaired) electrons. The average Bonchev–Trinajstić information content (AvgIpc) is 3.04. The number of rotatable bonds is 5. The summed E-state index contributed by atoms with van der Waals surface area (Å²) < 4.78 is 0. The standard InChI is InChI=1S/C16H19NO4/c18-14(19)12-6-11-7-13(12)16(8-11,15(20)21)17-9-10-4-2-1-3-5-10/h1-5,11-13,17H,6-9H2,(H,18,19)(H,20,21). The fourth-order valence-corrected chi connectivity index (χ4v) is 4.11. The van der Waals surface area contributed by atoms with Crippen molar-refractivity contribution < 1.29 is 19.8 Å². The zero-order chi connectivity index (χ0) is 15.0. The van der Waals surface area contributed by atoms with Crippen LogP contribution in [0.5, 0.6) is 0 Å². The largest absolute Gasteiger partial charge is 0.481 e. The van der Waals surface area contributed by atoms with Gasteiger partial charge in [0.1, 0.15) is 5.54 Å². The second kappa shape index (κ2) is 5.15. The van der Waals surface area contributed by atoms with Gasteiger partial charge in [-0.05, 0) is 30.7 Å². The highest BCUT2D eigenvalue weighted by Gasteiger charge is 2.61. The second-order valence-corrected chi connectivity index (χ2v) is 6.21. The van der Waals surface area contributed by atoms with Gasteiger partial charge in [-0.1, -0.05) is 30.3 Å². The van der Waals surface area contributed by atoms with Crippen LogP contribution in [0, 0.1) is 17.8 Å². The van der Waals surface area contributed by atoms with Gasteiger partial charge in [-0.2, -0.15) is 0 Å². The van der Waals surface area contributed by atoms with Gasteiger partial charge in [0.25, 0.3) is 0 Å². The zero-order valence-electron chi connectivity index (χ0n) is 11.7. The molecule has 112 valence electrons. The van der Waals surface area contributed by atoms with Crippen molar-refractivity contribution in [1.82, 2.24) is 5.32 Å². The van der Waals surface area contributed by atoms with Crippen LogP contribution in [0.2, 0.25) is 0 Å². The lowest BCUT2D eigenvalue weighted by molar-refractivity contribution is -0.153. The maximum atomic E-state index is 11.8. The van der Waals surface area contributed by atoms with E-state index in [2.05, 4.69) is 5.32 Å². The van der Waals surface area contributed by atoms with Crippen molar-refractivity contribution in [3.05, 3.63) is 35.9 Å². The summed E-state index contributed by atoms with van der Waals surface area (Å²) in [6.07, 6.45) is 1.84. The molecule has 0 heterocycles. The zero-order valence-corrected chi connectivity index (χ0v) is 11.7. The van der Waals surface area contributed by atoms with Crippen molar-refractivity contribution >= 4 is 11.9 Å². The molecule has 3 N–H and O–H groups in total. The van der Waals surface area contributed by atoms with E-state index in [1.165, 1.54) is 0 Å². The summed E-state index contributed by atoms with van der Waals surface area (Å²) in [5, 5.41) is 22.2. The summed E-state index contributed by atoms with van der Waals surface area (Å²) >= 11 is 0. The molecule has 0 aliphatic heterocycles. The molecule has 1 aromatic rings. The summed E-state index contributed by atoms with van der Waals surface area (Å²) in [4.78, 5) is 23.2. The Labute approximate surface area is 123 Å². The summed E-state index contributed by atoms with van der Waals surface area (Å²) in [5.74, 6) is -2.44. The van der Waals surface area contributed by atoms with Gasteiger partial charge in [0.2, 0.25) is 0 Å². The van der Waals surface area contributed by atoms with Crippen LogP contribution < -0.4 is 5.32 Å². The lowest BCUT2D eigenvalue weighted by Crippen LogP contribution is -2.58. The molecule has 5 heteroatoms. The minimum atomic E-state index is -1.10. The number of aliphatic carboxylic acids is 2. The third-order valence-corrected chi connectivity index (χ3v) is 5.05. The lowest BCUT2D eigenvalue weighted by Gasteiger charge is -2.37. The van der Waals surface area contributed by atoms with Crippen LogP contribution in [0.25, 0.3) is 0 Å². The molecule has 3 rings (SSSR count). The molecule has 4 atom stereocenters. The first-order valence-electron chi connectivity index (χ1n) is 7.28. The number of carbonyl (C=O) groups is 2. The first kappa shape index (κ1) is 14.1. The molecular weight excluding hydrogens is 270 g/mol. The van der Waals surface area contributed by atoms with E-state index in [1.807, 2.05) is 30.3 Å². The third-order valence-electron chi connectivity index (χ3n) is 5.05. The highest BCUT2D eigenvalue weighted by Crippen LogP contribution is 2.54. The van der Waals surface area contributed by atoms with E-state index in [9.17, 15) is 19.8 Å². The number of hydrogen-bond donors (Lipinski definition) is 3. The first-order valence-corrected chi connectivity index (χ1v) is 7.28. The molecule has 21 heavy (non-hydrogen) atoms.